The van der Waals surface area contributed by atoms with Crippen LogP contribution < -0.4 is 10.5 Å². The van der Waals surface area contributed by atoms with E-state index < -0.39 is 0 Å². The van der Waals surface area contributed by atoms with E-state index in [4.69, 9.17) is 10.5 Å². The Hall–Kier alpha value is -1.92. The van der Waals surface area contributed by atoms with Gasteiger partial charge in [-0.1, -0.05) is 0 Å². The van der Waals surface area contributed by atoms with Crippen molar-refractivity contribution in [2.45, 2.75) is 6.54 Å². The van der Waals surface area contributed by atoms with Crippen molar-refractivity contribution in [2.24, 2.45) is 5.73 Å². The molecule has 3 heterocycles. The van der Waals surface area contributed by atoms with Crippen molar-refractivity contribution in [3.63, 3.8) is 0 Å². The molecular formula is C11H10N4OS. The maximum Gasteiger partial charge on any atom is 0.243 e. The molecule has 3 aromatic rings. The zero-order valence-electron chi connectivity index (χ0n) is 8.91. The molecule has 3 rings (SSSR count). The summed E-state index contributed by atoms with van der Waals surface area (Å²) < 4.78 is 7.62. The second-order valence-corrected chi connectivity index (χ2v) is 4.29. The van der Waals surface area contributed by atoms with Gasteiger partial charge < -0.3 is 10.5 Å². The SMILES string of the molecule is NCc1c(Oc2cccnc2)nc2sccn12. The van der Waals surface area contributed by atoms with Crippen molar-refractivity contribution in [3.8, 4) is 11.6 Å². The Morgan fingerprint density at radius 3 is 3.18 bits per heavy atom. The Balaban J connectivity index is 2.02. The minimum Gasteiger partial charge on any atom is -0.436 e. The molecule has 0 fully saturated rings. The van der Waals surface area contributed by atoms with Crippen molar-refractivity contribution in [2.75, 3.05) is 0 Å². The van der Waals surface area contributed by atoms with Gasteiger partial charge in [-0.05, 0) is 12.1 Å². The number of nitrogens with zero attached hydrogens (tertiary/aromatic N) is 3. The summed E-state index contributed by atoms with van der Waals surface area (Å²) in [5, 5.41) is 1.97. The van der Waals surface area contributed by atoms with Gasteiger partial charge in [0.2, 0.25) is 5.88 Å². The summed E-state index contributed by atoms with van der Waals surface area (Å²) in [5.74, 6) is 1.21. The second-order valence-electron chi connectivity index (χ2n) is 3.41. The van der Waals surface area contributed by atoms with Gasteiger partial charge in [0.05, 0.1) is 6.20 Å². The predicted octanol–water partition coefficient (Wildman–Crippen LogP) is 2.04. The molecule has 0 atom stereocenters. The molecule has 0 aliphatic heterocycles. The van der Waals surface area contributed by atoms with Gasteiger partial charge >= 0.3 is 0 Å². The molecule has 3 aromatic heterocycles. The van der Waals surface area contributed by atoms with Crippen molar-refractivity contribution < 1.29 is 4.74 Å². The predicted molar refractivity (Wildman–Crippen MR) is 65.3 cm³/mol. The standard InChI is InChI=1S/C11H10N4OS/c12-6-9-10(14-11-15(9)4-5-17-11)16-8-2-1-3-13-7-8/h1-5,7H,6,12H2. The number of fused-ring (bicyclic) bond motifs is 1. The van der Waals surface area contributed by atoms with E-state index in [0.717, 1.165) is 10.7 Å². The lowest BCUT2D eigenvalue weighted by molar-refractivity contribution is 0.457. The first-order valence-corrected chi connectivity index (χ1v) is 5.99. The molecule has 0 aliphatic rings. The van der Waals surface area contributed by atoms with E-state index in [0.29, 0.717) is 18.2 Å². The van der Waals surface area contributed by atoms with E-state index >= 15 is 0 Å². The minimum atomic E-state index is 0.382. The Bertz CT molecular complexity index is 631. The van der Waals surface area contributed by atoms with Crippen LogP contribution in [0.3, 0.4) is 0 Å². The molecule has 0 spiro atoms. The molecule has 0 aliphatic carbocycles. The molecular weight excluding hydrogens is 236 g/mol. The van der Waals surface area contributed by atoms with Crippen LogP contribution in [0.5, 0.6) is 11.6 Å². The highest BCUT2D eigenvalue weighted by Crippen LogP contribution is 2.26. The second kappa shape index (κ2) is 4.15. The fourth-order valence-electron chi connectivity index (χ4n) is 1.60. The summed E-state index contributed by atoms with van der Waals surface area (Å²) in [4.78, 5) is 9.26. The molecule has 17 heavy (non-hydrogen) atoms. The average Bonchev–Trinajstić information content (AvgIpc) is 2.90. The van der Waals surface area contributed by atoms with Crippen LogP contribution in [0, 0.1) is 0 Å². The number of thiazole rings is 1. The van der Waals surface area contributed by atoms with Crippen LogP contribution in [0.2, 0.25) is 0 Å². The quantitative estimate of drug-likeness (QED) is 0.768. The molecule has 0 saturated carbocycles. The average molecular weight is 246 g/mol. The monoisotopic (exact) mass is 246 g/mol. The fourth-order valence-corrected chi connectivity index (χ4v) is 2.32. The zero-order valence-corrected chi connectivity index (χ0v) is 9.72. The van der Waals surface area contributed by atoms with Gasteiger partial charge in [0.1, 0.15) is 11.4 Å². The van der Waals surface area contributed by atoms with Gasteiger partial charge in [0.15, 0.2) is 4.96 Å². The van der Waals surface area contributed by atoms with E-state index in [-0.39, 0.29) is 0 Å². The van der Waals surface area contributed by atoms with Crippen LogP contribution in [-0.2, 0) is 6.54 Å². The topological polar surface area (TPSA) is 65.4 Å². The molecule has 0 radical (unpaired) electrons. The summed E-state index contributed by atoms with van der Waals surface area (Å²) in [7, 11) is 0. The Labute approximate surface area is 102 Å². The molecule has 5 nitrogen and oxygen atoms in total. The summed E-state index contributed by atoms with van der Waals surface area (Å²) in [6.07, 6.45) is 5.28. The highest BCUT2D eigenvalue weighted by molar-refractivity contribution is 7.15. The number of imidazole rings is 1. The van der Waals surface area contributed by atoms with Crippen molar-refractivity contribution >= 4 is 16.3 Å². The number of rotatable bonds is 3. The normalized spacial score (nSPS) is 10.9. The third-order valence-electron chi connectivity index (χ3n) is 2.37. The van der Waals surface area contributed by atoms with Crippen molar-refractivity contribution in [3.05, 3.63) is 41.8 Å². The van der Waals surface area contributed by atoms with Crippen LogP contribution in [-0.4, -0.2) is 14.4 Å². The van der Waals surface area contributed by atoms with Crippen molar-refractivity contribution in [1.29, 1.82) is 0 Å². The highest BCUT2D eigenvalue weighted by atomic mass is 32.1. The van der Waals surface area contributed by atoms with Crippen molar-refractivity contribution in [1.82, 2.24) is 14.4 Å². The number of ether oxygens (including phenoxy) is 1. The Morgan fingerprint density at radius 1 is 1.47 bits per heavy atom. The lowest BCUT2D eigenvalue weighted by Gasteiger charge is -2.03. The maximum absolute atomic E-state index is 5.72. The summed E-state index contributed by atoms with van der Waals surface area (Å²) in [5.41, 5.74) is 6.59. The molecule has 6 heteroatoms. The van der Waals surface area contributed by atoms with Crippen LogP contribution in [0.15, 0.2) is 36.1 Å². The number of hydrogen-bond acceptors (Lipinski definition) is 5. The molecule has 2 N–H and O–H groups in total. The zero-order chi connectivity index (χ0) is 11.7. The first-order valence-electron chi connectivity index (χ1n) is 5.11. The van der Waals surface area contributed by atoms with Gasteiger partial charge in [-0.25, -0.2) is 0 Å². The molecule has 0 bridgehead atoms. The highest BCUT2D eigenvalue weighted by Gasteiger charge is 2.13. The van der Waals surface area contributed by atoms with Crippen LogP contribution in [0.1, 0.15) is 5.69 Å². The van der Waals surface area contributed by atoms with E-state index in [1.54, 1.807) is 23.7 Å². The third-order valence-corrected chi connectivity index (χ3v) is 3.12. The van der Waals surface area contributed by atoms with E-state index in [2.05, 4.69) is 9.97 Å². The molecule has 0 saturated heterocycles. The van der Waals surface area contributed by atoms with Gasteiger partial charge in [0.25, 0.3) is 0 Å². The summed E-state index contributed by atoms with van der Waals surface area (Å²) >= 11 is 1.55. The largest absolute Gasteiger partial charge is 0.436 e. The Kier molecular flexibility index (Phi) is 2.50. The Morgan fingerprint density at radius 2 is 2.41 bits per heavy atom. The molecule has 0 unspecified atom stereocenters. The maximum atomic E-state index is 5.72. The van der Waals surface area contributed by atoms with E-state index in [1.807, 2.05) is 28.1 Å². The smallest absolute Gasteiger partial charge is 0.243 e. The number of hydrogen-bond donors (Lipinski definition) is 1. The van der Waals surface area contributed by atoms with Gasteiger partial charge in [-0.15, -0.1) is 11.3 Å². The lowest BCUT2D eigenvalue weighted by atomic mass is 10.4. The van der Waals surface area contributed by atoms with Gasteiger partial charge in [-0.3, -0.25) is 9.38 Å². The van der Waals surface area contributed by atoms with Gasteiger partial charge in [-0.2, -0.15) is 4.98 Å². The van der Waals surface area contributed by atoms with Gasteiger partial charge in [0, 0.05) is 24.3 Å². The fraction of sp³-hybridized carbons (Fsp3) is 0.0909. The summed E-state index contributed by atoms with van der Waals surface area (Å²) in [6, 6.07) is 3.65. The molecule has 0 amide bonds. The van der Waals surface area contributed by atoms with E-state index in [1.165, 1.54) is 0 Å². The molecule has 0 aromatic carbocycles. The number of nitrogens with two attached hydrogens (primary N) is 1. The van der Waals surface area contributed by atoms with E-state index in [9.17, 15) is 0 Å². The lowest BCUT2D eigenvalue weighted by Crippen LogP contribution is -2.01. The third kappa shape index (κ3) is 1.77. The first-order chi connectivity index (χ1) is 8.38. The van der Waals surface area contributed by atoms with Crippen LogP contribution in [0.4, 0.5) is 0 Å². The van der Waals surface area contributed by atoms with Crippen LogP contribution >= 0.6 is 11.3 Å². The minimum absolute atomic E-state index is 0.382. The first kappa shape index (κ1) is 10.2. The summed E-state index contributed by atoms with van der Waals surface area (Å²) in [6.45, 7) is 0.382. The van der Waals surface area contributed by atoms with Crippen LogP contribution in [0.25, 0.3) is 4.96 Å². The number of pyridine rings is 1. The number of aromatic nitrogens is 3. The molecule has 86 valence electrons.